The van der Waals surface area contributed by atoms with Crippen molar-refractivity contribution in [1.29, 1.82) is 0 Å². The second kappa shape index (κ2) is 3.56. The summed E-state index contributed by atoms with van der Waals surface area (Å²) >= 11 is 0. The number of imidazole rings is 1. The fourth-order valence-corrected chi connectivity index (χ4v) is 2.54. The predicted molar refractivity (Wildman–Crippen MR) is 63.3 cm³/mol. The minimum atomic E-state index is 0.525. The Balaban J connectivity index is 2.13. The van der Waals surface area contributed by atoms with Gasteiger partial charge in [0.2, 0.25) is 0 Å². The molecule has 2 atom stereocenters. The normalized spacial score (nSPS) is 25.4. The quantitative estimate of drug-likeness (QED) is 0.781. The van der Waals surface area contributed by atoms with Crippen LogP contribution >= 0.6 is 0 Å². The van der Waals surface area contributed by atoms with Gasteiger partial charge in [-0.1, -0.05) is 6.92 Å². The largest absolute Gasteiger partial charge is 0.330 e. The minimum absolute atomic E-state index is 0.525. The van der Waals surface area contributed by atoms with Crippen LogP contribution in [0.2, 0.25) is 0 Å². The van der Waals surface area contributed by atoms with Crippen LogP contribution in [0.5, 0.6) is 0 Å². The molecule has 4 heteroatoms. The molecule has 0 spiro atoms. The van der Waals surface area contributed by atoms with Crippen molar-refractivity contribution in [2.24, 2.45) is 13.0 Å². The molecular formula is C12H16N4. The number of hydrogen-bond acceptors (Lipinski definition) is 3. The first-order valence-electron chi connectivity index (χ1n) is 5.74. The van der Waals surface area contributed by atoms with E-state index >= 15 is 0 Å². The van der Waals surface area contributed by atoms with Gasteiger partial charge in [0.1, 0.15) is 5.82 Å². The molecule has 1 N–H and O–H groups in total. The molecule has 3 heterocycles. The fourth-order valence-electron chi connectivity index (χ4n) is 2.54. The summed E-state index contributed by atoms with van der Waals surface area (Å²) in [4.78, 5) is 8.88. The molecule has 3 rings (SSSR count). The van der Waals surface area contributed by atoms with Gasteiger partial charge < -0.3 is 9.88 Å². The molecule has 0 amide bonds. The van der Waals surface area contributed by atoms with Crippen LogP contribution in [0, 0.1) is 5.92 Å². The van der Waals surface area contributed by atoms with Gasteiger partial charge in [0.25, 0.3) is 0 Å². The fraction of sp³-hybridized carbons (Fsp3) is 0.500. The standard InChI is InChI=1S/C12H16N4/c1-8-5-14-6-9(8)12-15-10-3-4-13-7-11(10)16(12)2/h3-4,7-9,14H,5-6H2,1-2H3/t8-,9-/m1/s1. The number of aromatic nitrogens is 3. The first kappa shape index (κ1) is 9.78. The van der Waals surface area contributed by atoms with Gasteiger partial charge in [-0.2, -0.15) is 0 Å². The lowest BCUT2D eigenvalue weighted by atomic mass is 9.97. The zero-order valence-corrected chi connectivity index (χ0v) is 9.64. The highest BCUT2D eigenvalue weighted by atomic mass is 15.1. The van der Waals surface area contributed by atoms with Gasteiger partial charge in [0, 0.05) is 25.7 Å². The molecule has 2 aromatic heterocycles. The van der Waals surface area contributed by atoms with Crippen LogP contribution in [0.15, 0.2) is 18.5 Å². The van der Waals surface area contributed by atoms with Gasteiger partial charge in [0.05, 0.1) is 17.2 Å². The van der Waals surface area contributed by atoms with Gasteiger partial charge in [-0.3, -0.25) is 4.98 Å². The van der Waals surface area contributed by atoms with Crippen LogP contribution < -0.4 is 5.32 Å². The van der Waals surface area contributed by atoms with Gasteiger partial charge in [0.15, 0.2) is 0 Å². The Bertz CT molecular complexity index is 517. The van der Waals surface area contributed by atoms with E-state index in [4.69, 9.17) is 4.98 Å². The molecule has 4 nitrogen and oxygen atoms in total. The number of nitrogens with zero attached hydrogens (tertiary/aromatic N) is 3. The molecule has 16 heavy (non-hydrogen) atoms. The maximum atomic E-state index is 4.73. The maximum absolute atomic E-state index is 4.73. The first-order valence-corrected chi connectivity index (χ1v) is 5.74. The molecule has 0 bridgehead atoms. The minimum Gasteiger partial charge on any atom is -0.330 e. The molecule has 1 aliphatic heterocycles. The van der Waals surface area contributed by atoms with Crippen molar-refractivity contribution in [2.45, 2.75) is 12.8 Å². The summed E-state index contributed by atoms with van der Waals surface area (Å²) in [6.07, 6.45) is 3.69. The van der Waals surface area contributed by atoms with E-state index in [2.05, 4.69) is 28.8 Å². The third kappa shape index (κ3) is 1.33. The molecule has 0 aromatic carbocycles. The first-order chi connectivity index (χ1) is 7.77. The number of hydrogen-bond donors (Lipinski definition) is 1. The van der Waals surface area contributed by atoms with E-state index in [1.54, 1.807) is 6.20 Å². The average Bonchev–Trinajstić information content (AvgIpc) is 2.84. The molecule has 2 aromatic rings. The zero-order valence-electron chi connectivity index (χ0n) is 9.64. The highest BCUT2D eigenvalue weighted by Gasteiger charge is 2.28. The average molecular weight is 216 g/mol. The van der Waals surface area contributed by atoms with Gasteiger partial charge in [-0.15, -0.1) is 0 Å². The predicted octanol–water partition coefficient (Wildman–Crippen LogP) is 1.29. The van der Waals surface area contributed by atoms with Crippen LogP contribution in [0.1, 0.15) is 18.7 Å². The van der Waals surface area contributed by atoms with Crippen molar-refractivity contribution < 1.29 is 0 Å². The third-order valence-electron chi connectivity index (χ3n) is 3.57. The Labute approximate surface area is 94.7 Å². The van der Waals surface area contributed by atoms with Gasteiger partial charge in [-0.25, -0.2) is 4.98 Å². The number of fused-ring (bicyclic) bond motifs is 1. The highest BCUT2D eigenvalue weighted by Crippen LogP contribution is 2.28. The van der Waals surface area contributed by atoms with Gasteiger partial charge >= 0.3 is 0 Å². The summed E-state index contributed by atoms with van der Waals surface area (Å²) in [5.41, 5.74) is 2.17. The molecule has 0 radical (unpaired) electrons. The van der Waals surface area contributed by atoms with E-state index in [1.807, 2.05) is 12.3 Å². The van der Waals surface area contributed by atoms with E-state index in [-0.39, 0.29) is 0 Å². The molecule has 84 valence electrons. The summed E-state index contributed by atoms with van der Waals surface area (Å²) in [5, 5.41) is 3.42. The van der Waals surface area contributed by atoms with Crippen LogP contribution in [-0.2, 0) is 7.05 Å². The summed E-state index contributed by atoms with van der Waals surface area (Å²) in [7, 11) is 2.08. The van der Waals surface area contributed by atoms with E-state index in [0.717, 1.165) is 24.1 Å². The van der Waals surface area contributed by atoms with E-state index in [1.165, 1.54) is 5.82 Å². The number of nitrogens with one attached hydrogen (secondary N) is 1. The zero-order chi connectivity index (χ0) is 11.1. The molecule has 0 unspecified atom stereocenters. The lowest BCUT2D eigenvalue weighted by molar-refractivity contribution is 0.533. The second-order valence-corrected chi connectivity index (χ2v) is 4.64. The number of aryl methyl sites for hydroxylation is 1. The molecule has 1 fully saturated rings. The van der Waals surface area contributed by atoms with E-state index in [9.17, 15) is 0 Å². The summed E-state index contributed by atoms with van der Waals surface area (Å²) in [5.74, 6) is 2.36. The van der Waals surface area contributed by atoms with Crippen molar-refractivity contribution in [3.8, 4) is 0 Å². The topological polar surface area (TPSA) is 42.7 Å². The van der Waals surface area contributed by atoms with Crippen LogP contribution in [0.3, 0.4) is 0 Å². The SMILES string of the molecule is C[C@@H]1CNC[C@H]1c1nc2ccncc2n1C. The van der Waals surface area contributed by atoms with Crippen LogP contribution in [-0.4, -0.2) is 27.6 Å². The molecule has 0 saturated carbocycles. The van der Waals surface area contributed by atoms with Crippen molar-refractivity contribution in [3.63, 3.8) is 0 Å². The van der Waals surface area contributed by atoms with Crippen LogP contribution in [0.4, 0.5) is 0 Å². The van der Waals surface area contributed by atoms with Gasteiger partial charge in [-0.05, 0) is 18.5 Å². The number of pyridine rings is 1. The molecular weight excluding hydrogens is 200 g/mol. The molecule has 1 saturated heterocycles. The summed E-state index contributed by atoms with van der Waals surface area (Å²) in [6.45, 7) is 4.40. The van der Waals surface area contributed by atoms with E-state index < -0.39 is 0 Å². The Morgan fingerprint density at radius 2 is 2.31 bits per heavy atom. The summed E-state index contributed by atoms with van der Waals surface area (Å²) in [6, 6.07) is 1.98. The highest BCUT2D eigenvalue weighted by molar-refractivity contribution is 5.74. The Hall–Kier alpha value is -1.42. The van der Waals surface area contributed by atoms with E-state index in [0.29, 0.717) is 11.8 Å². The smallest absolute Gasteiger partial charge is 0.114 e. The van der Waals surface area contributed by atoms with Crippen molar-refractivity contribution in [3.05, 3.63) is 24.3 Å². The lowest BCUT2D eigenvalue weighted by Crippen LogP contribution is -2.13. The number of rotatable bonds is 1. The van der Waals surface area contributed by atoms with Crippen molar-refractivity contribution >= 4 is 11.0 Å². The summed E-state index contributed by atoms with van der Waals surface area (Å²) < 4.78 is 2.18. The monoisotopic (exact) mass is 216 g/mol. The van der Waals surface area contributed by atoms with Crippen LogP contribution in [0.25, 0.3) is 11.0 Å². The Kier molecular flexibility index (Phi) is 2.17. The second-order valence-electron chi connectivity index (χ2n) is 4.64. The Morgan fingerprint density at radius 1 is 1.44 bits per heavy atom. The van der Waals surface area contributed by atoms with Crippen molar-refractivity contribution in [1.82, 2.24) is 19.9 Å². The lowest BCUT2D eigenvalue weighted by Gasteiger charge is -2.13. The molecule has 1 aliphatic rings. The van der Waals surface area contributed by atoms with Crippen molar-refractivity contribution in [2.75, 3.05) is 13.1 Å². The Morgan fingerprint density at radius 3 is 3.00 bits per heavy atom. The molecule has 0 aliphatic carbocycles. The third-order valence-corrected chi connectivity index (χ3v) is 3.57. The maximum Gasteiger partial charge on any atom is 0.114 e.